The zero-order valence-corrected chi connectivity index (χ0v) is 19.1. The summed E-state index contributed by atoms with van der Waals surface area (Å²) in [6.07, 6.45) is 0. The van der Waals surface area contributed by atoms with Gasteiger partial charge in [0.1, 0.15) is 17.2 Å². The maximum atomic E-state index is 10.7. The molecule has 4 aromatic carbocycles. The fourth-order valence-electron chi connectivity index (χ4n) is 3.90. The first-order valence-corrected chi connectivity index (χ1v) is 10.7. The molecule has 33 heavy (non-hydrogen) atoms. The zero-order valence-electron chi connectivity index (χ0n) is 19.1. The minimum Gasteiger partial charge on any atom is -0.506 e. The van der Waals surface area contributed by atoms with E-state index < -0.39 is 0 Å². The van der Waals surface area contributed by atoms with Crippen LogP contribution in [-0.4, -0.2) is 15.3 Å². The van der Waals surface area contributed by atoms with E-state index in [0.717, 1.165) is 27.9 Å². The number of anilines is 3. The van der Waals surface area contributed by atoms with E-state index in [1.165, 1.54) is 0 Å². The van der Waals surface area contributed by atoms with Crippen molar-refractivity contribution in [2.45, 2.75) is 27.7 Å². The average Bonchev–Trinajstić information content (AvgIpc) is 2.74. The van der Waals surface area contributed by atoms with Crippen LogP contribution in [0.2, 0.25) is 0 Å². The van der Waals surface area contributed by atoms with Gasteiger partial charge in [-0.3, -0.25) is 0 Å². The number of phenolic OH excluding ortho intramolecular Hbond substituents is 3. The largest absolute Gasteiger partial charge is 0.506 e. The van der Waals surface area contributed by atoms with Crippen molar-refractivity contribution in [3.8, 4) is 28.7 Å². The summed E-state index contributed by atoms with van der Waals surface area (Å²) in [5.74, 6) is 1.28. The Hall–Kier alpha value is -4.12. The van der Waals surface area contributed by atoms with E-state index in [-0.39, 0.29) is 17.2 Å². The van der Waals surface area contributed by atoms with Gasteiger partial charge in [0.25, 0.3) is 0 Å². The maximum absolute atomic E-state index is 10.7. The Balaban J connectivity index is 1.75. The van der Waals surface area contributed by atoms with Gasteiger partial charge in [-0.05, 0) is 105 Å². The van der Waals surface area contributed by atoms with Crippen LogP contribution in [0.15, 0.2) is 72.8 Å². The van der Waals surface area contributed by atoms with Crippen molar-refractivity contribution in [3.05, 3.63) is 95.1 Å². The lowest BCUT2D eigenvalue weighted by molar-refractivity contribution is 0.408. The number of phenols is 3. The Morgan fingerprint density at radius 2 is 1.09 bits per heavy atom. The van der Waals surface area contributed by atoms with Gasteiger partial charge in [0.2, 0.25) is 0 Å². The lowest BCUT2D eigenvalue weighted by atomic mass is 10.1. The van der Waals surface area contributed by atoms with Crippen LogP contribution in [0, 0.1) is 27.7 Å². The molecule has 4 rings (SSSR count). The third-order valence-electron chi connectivity index (χ3n) is 5.46. The molecule has 0 heterocycles. The van der Waals surface area contributed by atoms with Crippen molar-refractivity contribution in [1.82, 2.24) is 0 Å². The zero-order chi connectivity index (χ0) is 23.7. The van der Waals surface area contributed by atoms with Gasteiger partial charge in [-0.15, -0.1) is 0 Å². The second-order valence-electron chi connectivity index (χ2n) is 8.35. The van der Waals surface area contributed by atoms with Crippen LogP contribution in [0.4, 0.5) is 17.1 Å². The molecule has 0 spiro atoms. The summed E-state index contributed by atoms with van der Waals surface area (Å²) < 4.78 is 5.95. The molecule has 5 nitrogen and oxygen atoms in total. The summed E-state index contributed by atoms with van der Waals surface area (Å²) in [5, 5.41) is 31.7. The van der Waals surface area contributed by atoms with Gasteiger partial charge in [0.05, 0.1) is 11.4 Å². The number of hydrogen-bond acceptors (Lipinski definition) is 5. The lowest BCUT2D eigenvalue weighted by Crippen LogP contribution is -2.10. The molecule has 0 amide bonds. The summed E-state index contributed by atoms with van der Waals surface area (Å²) in [6, 6.07) is 21.7. The highest BCUT2D eigenvalue weighted by molar-refractivity contribution is 5.83. The predicted molar refractivity (Wildman–Crippen MR) is 132 cm³/mol. The highest BCUT2D eigenvalue weighted by Crippen LogP contribution is 2.44. The molecule has 0 saturated heterocycles. The van der Waals surface area contributed by atoms with E-state index in [4.69, 9.17) is 4.74 Å². The standard InChI is InChI=1S/C28H27NO4/c1-17-5-11-23(25(30)14-17)29(24-12-6-18(2)15-26(24)31)21-7-9-22(10-8-21)33-28-20(4)13-19(3)16-27(28)32/h5-16,30-32H,1-4H3. The summed E-state index contributed by atoms with van der Waals surface area (Å²) in [5.41, 5.74) is 5.47. The van der Waals surface area contributed by atoms with Gasteiger partial charge in [-0.25, -0.2) is 0 Å². The summed E-state index contributed by atoms with van der Waals surface area (Å²) in [4.78, 5) is 1.79. The molecule has 5 heteroatoms. The third kappa shape index (κ3) is 4.58. The molecule has 0 aliphatic rings. The van der Waals surface area contributed by atoms with E-state index in [9.17, 15) is 15.3 Å². The molecule has 0 aliphatic heterocycles. The van der Waals surface area contributed by atoms with E-state index in [1.807, 2.05) is 70.2 Å². The Morgan fingerprint density at radius 1 is 0.576 bits per heavy atom. The second kappa shape index (κ2) is 8.79. The average molecular weight is 442 g/mol. The van der Waals surface area contributed by atoms with Crippen molar-refractivity contribution in [2.75, 3.05) is 4.90 Å². The Morgan fingerprint density at radius 3 is 1.58 bits per heavy atom. The van der Waals surface area contributed by atoms with Crippen molar-refractivity contribution >= 4 is 17.1 Å². The fraction of sp³-hybridized carbons (Fsp3) is 0.143. The number of hydrogen-bond donors (Lipinski definition) is 3. The van der Waals surface area contributed by atoms with Gasteiger partial charge in [-0.1, -0.05) is 18.2 Å². The number of aryl methyl sites for hydroxylation is 4. The van der Waals surface area contributed by atoms with Crippen LogP contribution in [0.25, 0.3) is 0 Å². The molecule has 0 saturated carbocycles. The minimum absolute atomic E-state index is 0.0901. The third-order valence-corrected chi connectivity index (χ3v) is 5.46. The first kappa shape index (κ1) is 22.1. The lowest BCUT2D eigenvalue weighted by Gasteiger charge is -2.27. The van der Waals surface area contributed by atoms with Crippen molar-refractivity contribution in [1.29, 1.82) is 0 Å². The maximum Gasteiger partial charge on any atom is 0.171 e. The fourth-order valence-corrected chi connectivity index (χ4v) is 3.90. The Labute approximate surface area is 193 Å². The quantitative estimate of drug-likeness (QED) is 0.303. The van der Waals surface area contributed by atoms with Crippen LogP contribution in [0.1, 0.15) is 22.3 Å². The first-order chi connectivity index (χ1) is 15.7. The first-order valence-electron chi connectivity index (χ1n) is 10.7. The molecule has 0 bridgehead atoms. The monoisotopic (exact) mass is 441 g/mol. The second-order valence-corrected chi connectivity index (χ2v) is 8.35. The summed E-state index contributed by atoms with van der Waals surface area (Å²) in [6.45, 7) is 7.62. The highest BCUT2D eigenvalue weighted by Gasteiger charge is 2.19. The van der Waals surface area contributed by atoms with Gasteiger partial charge in [0.15, 0.2) is 11.5 Å². The summed E-state index contributed by atoms with van der Waals surface area (Å²) >= 11 is 0. The van der Waals surface area contributed by atoms with Crippen LogP contribution in [-0.2, 0) is 0 Å². The van der Waals surface area contributed by atoms with Gasteiger partial charge < -0.3 is 25.0 Å². The van der Waals surface area contributed by atoms with Crippen molar-refractivity contribution in [3.63, 3.8) is 0 Å². The number of benzene rings is 4. The molecular weight excluding hydrogens is 414 g/mol. The van der Waals surface area contributed by atoms with Crippen molar-refractivity contribution < 1.29 is 20.1 Å². The van der Waals surface area contributed by atoms with Crippen LogP contribution >= 0.6 is 0 Å². The van der Waals surface area contributed by atoms with Gasteiger partial charge >= 0.3 is 0 Å². The number of nitrogens with zero attached hydrogens (tertiary/aromatic N) is 1. The molecule has 0 atom stereocenters. The van der Waals surface area contributed by atoms with E-state index in [1.54, 1.807) is 35.2 Å². The molecule has 0 radical (unpaired) electrons. The number of aromatic hydroxyl groups is 3. The molecule has 0 aromatic heterocycles. The van der Waals surface area contributed by atoms with Gasteiger partial charge in [-0.2, -0.15) is 0 Å². The molecule has 0 unspecified atom stereocenters. The molecule has 3 N–H and O–H groups in total. The predicted octanol–water partition coefficient (Wildman–Crippen LogP) is 7.30. The number of ether oxygens (including phenoxy) is 1. The molecule has 4 aromatic rings. The Kier molecular flexibility index (Phi) is 5.88. The Bertz CT molecular complexity index is 1240. The smallest absolute Gasteiger partial charge is 0.171 e. The van der Waals surface area contributed by atoms with Crippen LogP contribution in [0.5, 0.6) is 28.7 Å². The van der Waals surface area contributed by atoms with E-state index in [0.29, 0.717) is 22.9 Å². The molecule has 0 fully saturated rings. The molecule has 0 aliphatic carbocycles. The van der Waals surface area contributed by atoms with E-state index in [2.05, 4.69) is 0 Å². The minimum atomic E-state index is 0.0901. The van der Waals surface area contributed by atoms with E-state index >= 15 is 0 Å². The highest BCUT2D eigenvalue weighted by atomic mass is 16.5. The topological polar surface area (TPSA) is 73.2 Å². The molecule has 168 valence electrons. The normalized spacial score (nSPS) is 10.8. The summed E-state index contributed by atoms with van der Waals surface area (Å²) in [7, 11) is 0. The van der Waals surface area contributed by atoms with Gasteiger partial charge in [0, 0.05) is 5.69 Å². The number of rotatable bonds is 5. The van der Waals surface area contributed by atoms with Crippen LogP contribution in [0.3, 0.4) is 0 Å². The SMILES string of the molecule is Cc1ccc(N(c2ccc(Oc3c(C)cc(C)cc3O)cc2)c2ccc(C)cc2O)c(O)c1. The molecular formula is C28H27NO4. The van der Waals surface area contributed by atoms with Crippen molar-refractivity contribution in [2.24, 2.45) is 0 Å². The van der Waals surface area contributed by atoms with Crippen LogP contribution < -0.4 is 9.64 Å².